The van der Waals surface area contributed by atoms with Crippen LogP contribution in [0.4, 0.5) is 10.8 Å². The summed E-state index contributed by atoms with van der Waals surface area (Å²) in [4.78, 5) is 13.2. The Morgan fingerprint density at radius 1 is 1.21 bits per heavy atom. The molecule has 5 nitrogen and oxygen atoms in total. The van der Waals surface area contributed by atoms with Crippen molar-refractivity contribution >= 4 is 39.8 Å². The van der Waals surface area contributed by atoms with Crippen LogP contribution in [0.3, 0.4) is 0 Å². The van der Waals surface area contributed by atoms with Crippen LogP contribution >= 0.6 is 23.1 Å². The van der Waals surface area contributed by atoms with E-state index in [0.717, 1.165) is 26.7 Å². The first-order valence-corrected chi connectivity index (χ1v) is 10.5. The number of aromatic nitrogens is 2. The maximum atomic E-state index is 13.2. The van der Waals surface area contributed by atoms with Gasteiger partial charge in [0.1, 0.15) is 5.25 Å². The summed E-state index contributed by atoms with van der Waals surface area (Å²) < 4.78 is 0.733. The van der Waals surface area contributed by atoms with Crippen LogP contribution in [0.5, 0.6) is 0 Å². The normalized spacial score (nSPS) is 11.6. The Morgan fingerprint density at radius 2 is 2.00 bits per heavy atom. The summed E-state index contributed by atoms with van der Waals surface area (Å²) in [5, 5.41) is 14.8. The number of thioether (sulfide) groups is 1. The van der Waals surface area contributed by atoms with Crippen molar-refractivity contribution in [2.24, 2.45) is 0 Å². The molecule has 1 heterocycles. The van der Waals surface area contributed by atoms with Crippen molar-refractivity contribution in [3.05, 3.63) is 77.9 Å². The van der Waals surface area contributed by atoms with Gasteiger partial charge in [-0.3, -0.25) is 4.79 Å². The fourth-order valence-electron chi connectivity index (χ4n) is 2.56. The van der Waals surface area contributed by atoms with E-state index in [4.69, 9.17) is 0 Å². The van der Waals surface area contributed by atoms with E-state index in [1.807, 2.05) is 62.4 Å². The second-order valence-corrected chi connectivity index (χ2v) is 8.59. The third kappa shape index (κ3) is 5.21. The Labute approximate surface area is 173 Å². The van der Waals surface area contributed by atoms with E-state index in [0.29, 0.717) is 11.7 Å². The van der Waals surface area contributed by atoms with E-state index in [-0.39, 0.29) is 5.91 Å². The summed E-state index contributed by atoms with van der Waals surface area (Å²) >= 11 is 2.83. The maximum absolute atomic E-state index is 13.2. The predicted molar refractivity (Wildman–Crippen MR) is 118 cm³/mol. The minimum atomic E-state index is -0.429. The van der Waals surface area contributed by atoms with E-state index in [2.05, 4.69) is 27.4 Å². The molecule has 0 saturated carbocycles. The third-order valence-electron chi connectivity index (χ3n) is 4.01. The Morgan fingerprint density at radius 3 is 2.75 bits per heavy atom. The van der Waals surface area contributed by atoms with Gasteiger partial charge in [0.25, 0.3) is 0 Å². The minimum Gasteiger partial charge on any atom is -0.357 e. The van der Waals surface area contributed by atoms with E-state index in [1.165, 1.54) is 23.1 Å². The fourth-order valence-corrected chi connectivity index (χ4v) is 4.51. The number of aryl methyl sites for hydroxylation is 2. The van der Waals surface area contributed by atoms with Crippen LogP contribution in [-0.2, 0) is 4.79 Å². The summed E-state index contributed by atoms with van der Waals surface area (Å²) in [5.41, 5.74) is 3.89. The number of carbonyl (C=O) groups is 1. The topological polar surface area (TPSA) is 66.9 Å². The molecule has 0 spiro atoms. The first kappa shape index (κ1) is 20.1. The van der Waals surface area contributed by atoms with Crippen LogP contribution < -0.4 is 10.6 Å². The molecule has 1 amide bonds. The number of hydrogen-bond acceptors (Lipinski definition) is 6. The Balaban J connectivity index is 1.83. The van der Waals surface area contributed by atoms with Crippen molar-refractivity contribution in [2.45, 2.75) is 23.4 Å². The molecule has 144 valence electrons. The minimum absolute atomic E-state index is 0.0827. The van der Waals surface area contributed by atoms with Crippen LogP contribution in [0.2, 0.25) is 0 Å². The second-order valence-electron chi connectivity index (χ2n) is 6.26. The number of rotatable bonds is 8. The monoisotopic (exact) mass is 410 g/mol. The molecule has 0 aliphatic rings. The average molecular weight is 411 g/mol. The highest BCUT2D eigenvalue weighted by Gasteiger charge is 2.24. The Kier molecular flexibility index (Phi) is 6.84. The molecule has 0 bridgehead atoms. The first-order valence-electron chi connectivity index (χ1n) is 8.85. The van der Waals surface area contributed by atoms with E-state index < -0.39 is 5.25 Å². The summed E-state index contributed by atoms with van der Waals surface area (Å²) in [5.74, 6) is -0.0827. The summed E-state index contributed by atoms with van der Waals surface area (Å²) in [6, 6.07) is 15.8. The number of amides is 1. The summed E-state index contributed by atoms with van der Waals surface area (Å²) in [7, 11) is 0. The lowest BCUT2D eigenvalue weighted by Gasteiger charge is -2.17. The molecule has 1 aromatic heterocycles. The van der Waals surface area contributed by atoms with Gasteiger partial charge in [0, 0.05) is 12.2 Å². The molecule has 0 saturated heterocycles. The number of anilines is 2. The highest BCUT2D eigenvalue weighted by molar-refractivity contribution is 8.02. The number of carbonyl (C=O) groups excluding carboxylic acids is 1. The Hall–Kier alpha value is -2.64. The summed E-state index contributed by atoms with van der Waals surface area (Å²) in [6.45, 7) is 8.30. The van der Waals surface area contributed by atoms with Gasteiger partial charge in [0.15, 0.2) is 4.34 Å². The fraction of sp³-hybridized carbons (Fsp3) is 0.190. The van der Waals surface area contributed by atoms with Crippen LogP contribution in [0.25, 0.3) is 0 Å². The van der Waals surface area contributed by atoms with Crippen LogP contribution in [0.15, 0.2) is 65.5 Å². The highest BCUT2D eigenvalue weighted by atomic mass is 32.2. The zero-order chi connectivity index (χ0) is 19.9. The van der Waals surface area contributed by atoms with Gasteiger partial charge in [-0.05, 0) is 36.6 Å². The number of benzene rings is 2. The van der Waals surface area contributed by atoms with E-state index >= 15 is 0 Å². The lowest BCUT2D eigenvalue weighted by Crippen LogP contribution is -2.19. The summed E-state index contributed by atoms with van der Waals surface area (Å²) in [6.07, 6.45) is 1.76. The molecule has 3 rings (SSSR count). The molecule has 28 heavy (non-hydrogen) atoms. The van der Waals surface area contributed by atoms with Gasteiger partial charge in [-0.1, -0.05) is 71.6 Å². The highest BCUT2D eigenvalue weighted by Crippen LogP contribution is 2.38. The molecular weight excluding hydrogens is 388 g/mol. The molecule has 0 fully saturated rings. The number of nitrogens with zero attached hydrogens (tertiary/aromatic N) is 2. The second kappa shape index (κ2) is 9.52. The predicted octanol–water partition coefficient (Wildman–Crippen LogP) is 5.22. The first-order chi connectivity index (χ1) is 13.6. The van der Waals surface area contributed by atoms with Crippen molar-refractivity contribution in [3.8, 4) is 0 Å². The van der Waals surface area contributed by atoms with Gasteiger partial charge in [-0.25, -0.2) is 0 Å². The lowest BCUT2D eigenvalue weighted by molar-refractivity contribution is -0.115. The van der Waals surface area contributed by atoms with Crippen LogP contribution in [0.1, 0.15) is 21.9 Å². The van der Waals surface area contributed by atoms with Crippen molar-refractivity contribution < 1.29 is 4.79 Å². The van der Waals surface area contributed by atoms with Crippen molar-refractivity contribution in [1.29, 1.82) is 0 Å². The molecule has 3 aromatic rings. The van der Waals surface area contributed by atoms with Gasteiger partial charge in [-0.15, -0.1) is 16.8 Å². The van der Waals surface area contributed by atoms with Crippen molar-refractivity contribution in [1.82, 2.24) is 10.2 Å². The maximum Gasteiger partial charge on any atom is 0.242 e. The van der Waals surface area contributed by atoms with Gasteiger partial charge in [-0.2, -0.15) is 0 Å². The SMILES string of the molecule is C=CCNc1nnc(S[C@H](C(=O)Nc2cc(C)ccc2C)c2ccccc2)s1. The number of hydrogen-bond donors (Lipinski definition) is 2. The van der Waals surface area contributed by atoms with E-state index in [9.17, 15) is 4.79 Å². The van der Waals surface area contributed by atoms with Gasteiger partial charge in [0.2, 0.25) is 11.0 Å². The largest absolute Gasteiger partial charge is 0.357 e. The molecule has 2 aromatic carbocycles. The van der Waals surface area contributed by atoms with Crippen molar-refractivity contribution in [3.63, 3.8) is 0 Å². The molecule has 0 aliphatic heterocycles. The zero-order valence-electron chi connectivity index (χ0n) is 15.8. The number of nitrogens with one attached hydrogen (secondary N) is 2. The third-order valence-corrected chi connectivity index (χ3v) is 6.23. The lowest BCUT2D eigenvalue weighted by atomic mass is 10.1. The Bertz CT molecular complexity index is 956. The van der Waals surface area contributed by atoms with Gasteiger partial charge >= 0.3 is 0 Å². The molecule has 0 unspecified atom stereocenters. The average Bonchev–Trinajstić information content (AvgIpc) is 3.15. The van der Waals surface area contributed by atoms with Gasteiger partial charge in [0.05, 0.1) is 0 Å². The van der Waals surface area contributed by atoms with Crippen LogP contribution in [0, 0.1) is 13.8 Å². The zero-order valence-corrected chi connectivity index (χ0v) is 17.4. The standard InChI is InChI=1S/C21H22N4OS2/c1-4-12-22-20-24-25-21(28-20)27-18(16-8-6-5-7-9-16)19(26)23-17-13-14(2)10-11-15(17)3/h4-11,13,18H,1,12H2,2-3H3,(H,22,24)(H,23,26)/t18-/m0/s1. The quantitative estimate of drug-likeness (QED) is 0.393. The smallest absolute Gasteiger partial charge is 0.242 e. The van der Waals surface area contributed by atoms with Gasteiger partial charge < -0.3 is 10.6 Å². The van der Waals surface area contributed by atoms with E-state index in [1.54, 1.807) is 6.08 Å². The molecule has 0 aliphatic carbocycles. The molecule has 7 heteroatoms. The molecule has 0 radical (unpaired) electrons. The molecule has 1 atom stereocenters. The van der Waals surface area contributed by atoms with Crippen LogP contribution in [-0.4, -0.2) is 22.6 Å². The molecule has 2 N–H and O–H groups in total. The molecular formula is C21H22N4OS2. The van der Waals surface area contributed by atoms with Crippen molar-refractivity contribution in [2.75, 3.05) is 17.2 Å².